The van der Waals surface area contributed by atoms with E-state index in [4.69, 9.17) is 9.47 Å². The van der Waals surface area contributed by atoms with Crippen LogP contribution in [0.5, 0.6) is 0 Å². The molecule has 0 aliphatic rings. The zero-order chi connectivity index (χ0) is 16.8. The lowest BCUT2D eigenvalue weighted by atomic mass is 10.3. The number of nitrogens with zero attached hydrogens (tertiary/aromatic N) is 2. The number of rotatable bonds is 8. The Morgan fingerprint density at radius 3 is 2.27 bits per heavy atom. The number of hydrogen-bond acceptors (Lipinski definition) is 7. The summed E-state index contributed by atoms with van der Waals surface area (Å²) in [6, 6.07) is 1.24. The summed E-state index contributed by atoms with van der Waals surface area (Å²) in [5.41, 5.74) is -0.0324. The summed E-state index contributed by atoms with van der Waals surface area (Å²) in [7, 11) is -3.22. The molecule has 9 heteroatoms. The van der Waals surface area contributed by atoms with E-state index in [2.05, 4.69) is 5.10 Å². The van der Waals surface area contributed by atoms with Crippen molar-refractivity contribution in [2.45, 2.75) is 27.3 Å². The molecule has 0 bridgehead atoms. The maximum absolute atomic E-state index is 11.9. The second-order valence-electron chi connectivity index (χ2n) is 4.32. The first kappa shape index (κ1) is 18.1. The van der Waals surface area contributed by atoms with Gasteiger partial charge >= 0.3 is 11.9 Å². The molecule has 0 saturated carbocycles. The minimum Gasteiger partial charge on any atom is -0.461 e. The second-order valence-corrected chi connectivity index (χ2v) is 6.79. The summed E-state index contributed by atoms with van der Waals surface area (Å²) in [6.07, 6.45) is 0. The van der Waals surface area contributed by atoms with Crippen molar-refractivity contribution in [3.63, 3.8) is 0 Å². The number of carbonyl (C=O) groups is 2. The highest BCUT2D eigenvalue weighted by atomic mass is 32.2. The van der Waals surface area contributed by atoms with Crippen LogP contribution in [0, 0.1) is 0 Å². The van der Waals surface area contributed by atoms with Crippen molar-refractivity contribution >= 4 is 21.8 Å². The number of aryl methyl sites for hydroxylation is 1. The van der Waals surface area contributed by atoms with Crippen LogP contribution < -0.4 is 0 Å². The summed E-state index contributed by atoms with van der Waals surface area (Å²) < 4.78 is 34.0. The fraction of sp³-hybridized carbons (Fsp3) is 0.615. The van der Waals surface area contributed by atoms with Crippen molar-refractivity contribution in [3.05, 3.63) is 17.5 Å². The molecule has 0 fully saturated rings. The molecule has 0 saturated heterocycles. The Hall–Kier alpha value is -1.90. The van der Waals surface area contributed by atoms with Crippen LogP contribution in [0.4, 0.5) is 0 Å². The topological polar surface area (TPSA) is 105 Å². The maximum atomic E-state index is 11.9. The highest BCUT2D eigenvalue weighted by Gasteiger charge is 2.21. The number of hydrogen-bond donors (Lipinski definition) is 0. The molecule has 0 spiro atoms. The molecule has 124 valence electrons. The summed E-state index contributed by atoms with van der Waals surface area (Å²) >= 11 is 0. The van der Waals surface area contributed by atoms with Crippen LogP contribution in [0.15, 0.2) is 6.07 Å². The first-order valence-corrected chi connectivity index (χ1v) is 8.79. The van der Waals surface area contributed by atoms with E-state index in [0.717, 1.165) is 4.68 Å². The lowest BCUT2D eigenvalue weighted by molar-refractivity contribution is 0.0506. The van der Waals surface area contributed by atoms with Crippen molar-refractivity contribution in [1.82, 2.24) is 9.78 Å². The number of sulfone groups is 1. The molecule has 1 heterocycles. The van der Waals surface area contributed by atoms with Crippen molar-refractivity contribution in [3.8, 4) is 0 Å². The molecule has 22 heavy (non-hydrogen) atoms. The summed E-state index contributed by atoms with van der Waals surface area (Å²) in [5, 5.41) is 3.95. The SMILES string of the molecule is CCOC(=O)c1cc(C(=O)OCC)n(CCS(=O)(=O)CC)n1. The van der Waals surface area contributed by atoms with Gasteiger partial charge < -0.3 is 9.47 Å². The lowest BCUT2D eigenvalue weighted by Crippen LogP contribution is -2.19. The molecule has 0 radical (unpaired) electrons. The van der Waals surface area contributed by atoms with Crippen LogP contribution in [0.25, 0.3) is 0 Å². The zero-order valence-electron chi connectivity index (χ0n) is 12.9. The van der Waals surface area contributed by atoms with Crippen LogP contribution in [-0.2, 0) is 25.9 Å². The van der Waals surface area contributed by atoms with E-state index in [1.54, 1.807) is 13.8 Å². The number of carbonyl (C=O) groups excluding carboxylic acids is 2. The van der Waals surface area contributed by atoms with Crippen molar-refractivity contribution in [1.29, 1.82) is 0 Å². The first-order valence-electron chi connectivity index (χ1n) is 6.97. The molecular formula is C13H20N2O6S. The standard InChI is InChI=1S/C13H20N2O6S/c1-4-20-12(16)10-9-11(13(17)21-5-2)15(14-10)7-8-22(18,19)6-3/h9H,4-8H2,1-3H3. The van der Waals surface area contributed by atoms with Gasteiger partial charge in [0.2, 0.25) is 0 Å². The third-order valence-corrected chi connectivity index (χ3v) is 4.49. The Bertz CT molecular complexity index is 635. The van der Waals surface area contributed by atoms with Gasteiger partial charge in [0.25, 0.3) is 0 Å². The predicted molar refractivity (Wildman–Crippen MR) is 78.5 cm³/mol. The summed E-state index contributed by atoms with van der Waals surface area (Å²) in [5.74, 6) is -1.53. The molecule has 0 aliphatic carbocycles. The van der Waals surface area contributed by atoms with E-state index in [0.29, 0.717) is 0 Å². The molecule has 0 atom stereocenters. The van der Waals surface area contributed by atoms with E-state index < -0.39 is 21.8 Å². The zero-order valence-corrected chi connectivity index (χ0v) is 13.7. The highest BCUT2D eigenvalue weighted by molar-refractivity contribution is 7.91. The maximum Gasteiger partial charge on any atom is 0.358 e. The van der Waals surface area contributed by atoms with Gasteiger partial charge in [0.05, 0.1) is 25.5 Å². The van der Waals surface area contributed by atoms with Crippen molar-refractivity contribution in [2.75, 3.05) is 24.7 Å². The van der Waals surface area contributed by atoms with E-state index in [-0.39, 0.29) is 42.7 Å². The third-order valence-electron chi connectivity index (χ3n) is 2.80. The van der Waals surface area contributed by atoms with E-state index >= 15 is 0 Å². The Balaban J connectivity index is 3.06. The predicted octanol–water partition coefficient (Wildman–Crippen LogP) is 0.671. The molecule has 0 aromatic carbocycles. The van der Waals surface area contributed by atoms with Crippen LogP contribution in [0.3, 0.4) is 0 Å². The first-order chi connectivity index (χ1) is 10.3. The average molecular weight is 332 g/mol. The summed E-state index contributed by atoms with van der Waals surface area (Å²) in [4.78, 5) is 23.5. The highest BCUT2D eigenvalue weighted by Crippen LogP contribution is 2.09. The Labute approximate surface area is 129 Å². The van der Waals surface area contributed by atoms with Gasteiger partial charge in [-0.1, -0.05) is 6.92 Å². The van der Waals surface area contributed by atoms with Crippen molar-refractivity contribution in [2.24, 2.45) is 0 Å². The Morgan fingerprint density at radius 1 is 1.14 bits per heavy atom. The quantitative estimate of drug-likeness (QED) is 0.644. The minimum absolute atomic E-state index is 0.00621. The largest absolute Gasteiger partial charge is 0.461 e. The fourth-order valence-corrected chi connectivity index (χ4v) is 2.37. The second kappa shape index (κ2) is 7.92. The van der Waals surface area contributed by atoms with Crippen LogP contribution >= 0.6 is 0 Å². The molecule has 1 rings (SSSR count). The van der Waals surface area contributed by atoms with Gasteiger partial charge in [-0.05, 0) is 13.8 Å². The van der Waals surface area contributed by atoms with Crippen LogP contribution in [-0.4, -0.2) is 54.9 Å². The Kier molecular flexibility index (Phi) is 6.54. The number of aromatic nitrogens is 2. The third kappa shape index (κ3) is 4.83. The van der Waals surface area contributed by atoms with Crippen molar-refractivity contribution < 1.29 is 27.5 Å². The van der Waals surface area contributed by atoms with Gasteiger partial charge in [0.15, 0.2) is 15.5 Å². The minimum atomic E-state index is -3.22. The van der Waals surface area contributed by atoms with Crippen LogP contribution in [0.1, 0.15) is 41.7 Å². The van der Waals surface area contributed by atoms with Gasteiger partial charge in [-0.3, -0.25) is 4.68 Å². The molecule has 1 aromatic rings. The van der Waals surface area contributed by atoms with Gasteiger partial charge in [-0.25, -0.2) is 18.0 Å². The van der Waals surface area contributed by atoms with Gasteiger partial charge in [-0.15, -0.1) is 0 Å². The molecule has 0 aliphatic heterocycles. The van der Waals surface area contributed by atoms with Crippen LogP contribution in [0.2, 0.25) is 0 Å². The molecule has 0 amide bonds. The van der Waals surface area contributed by atoms with Gasteiger partial charge in [0, 0.05) is 11.8 Å². The molecule has 0 N–H and O–H groups in total. The normalized spacial score (nSPS) is 11.2. The van der Waals surface area contributed by atoms with E-state index in [9.17, 15) is 18.0 Å². The van der Waals surface area contributed by atoms with E-state index in [1.807, 2.05) is 0 Å². The molecule has 1 aromatic heterocycles. The lowest BCUT2D eigenvalue weighted by Gasteiger charge is -2.06. The number of ether oxygens (including phenoxy) is 2. The molecule has 0 unspecified atom stereocenters. The molecule has 8 nitrogen and oxygen atoms in total. The smallest absolute Gasteiger partial charge is 0.358 e. The monoisotopic (exact) mass is 332 g/mol. The van der Waals surface area contributed by atoms with Gasteiger partial charge in [-0.2, -0.15) is 5.10 Å². The molecular weight excluding hydrogens is 312 g/mol. The average Bonchev–Trinajstić information content (AvgIpc) is 2.90. The van der Waals surface area contributed by atoms with Gasteiger partial charge in [0.1, 0.15) is 5.69 Å². The summed E-state index contributed by atoms with van der Waals surface area (Å²) in [6.45, 7) is 5.12. The number of esters is 2. The fourth-order valence-electron chi connectivity index (χ4n) is 1.63. The Morgan fingerprint density at radius 2 is 1.73 bits per heavy atom. The van der Waals surface area contributed by atoms with E-state index in [1.165, 1.54) is 13.0 Å².